The molecule has 3 unspecified atom stereocenters. The summed E-state index contributed by atoms with van der Waals surface area (Å²) in [7, 11) is 1.60. The highest BCUT2D eigenvalue weighted by Gasteiger charge is 2.43. The monoisotopic (exact) mass is 308 g/mol. The van der Waals surface area contributed by atoms with E-state index in [1.54, 1.807) is 7.11 Å². The third-order valence-corrected chi connectivity index (χ3v) is 4.62. The molecule has 0 radical (unpaired) electrons. The number of methoxy groups -OCH3 is 1. The van der Waals surface area contributed by atoms with Crippen LogP contribution in [0, 0.1) is 0 Å². The third kappa shape index (κ3) is 2.00. The van der Waals surface area contributed by atoms with E-state index in [4.69, 9.17) is 21.1 Å². The molecule has 0 amide bonds. The smallest absolute Gasteiger partial charge is 0.245 e. The fraction of sp³-hybridized carbons (Fsp3) is 0.643. The van der Waals surface area contributed by atoms with Crippen molar-refractivity contribution in [1.29, 1.82) is 0 Å². The van der Waals surface area contributed by atoms with Crippen LogP contribution in [-0.4, -0.2) is 44.7 Å². The van der Waals surface area contributed by atoms with Crippen molar-refractivity contribution in [3.05, 3.63) is 12.2 Å². The van der Waals surface area contributed by atoms with Gasteiger partial charge in [0.25, 0.3) is 0 Å². The fourth-order valence-electron chi connectivity index (χ4n) is 3.57. The van der Waals surface area contributed by atoms with Crippen LogP contribution >= 0.6 is 11.6 Å². The predicted octanol–water partition coefficient (Wildman–Crippen LogP) is 2.11. The number of rotatable bonds is 4. The minimum atomic E-state index is 0.266. The largest absolute Gasteiger partial charge is 0.479 e. The van der Waals surface area contributed by atoms with E-state index in [0.717, 1.165) is 30.7 Å². The van der Waals surface area contributed by atoms with E-state index >= 15 is 0 Å². The number of hydrogen-bond acceptors (Lipinski definition) is 5. The number of fused-ring (bicyclic) bond motifs is 3. The number of imidazole rings is 1. The zero-order chi connectivity index (χ0) is 14.4. The SMILES string of the molecule is COc1ncnc2c1nc(CCCl)n2C1CC2CCC1O2. The number of aryl methyl sites for hydroxylation is 1. The van der Waals surface area contributed by atoms with Gasteiger partial charge in [0.05, 0.1) is 25.4 Å². The van der Waals surface area contributed by atoms with Gasteiger partial charge in [0.15, 0.2) is 11.2 Å². The number of nitrogens with zero attached hydrogens (tertiary/aromatic N) is 4. The predicted molar refractivity (Wildman–Crippen MR) is 77.8 cm³/mol. The van der Waals surface area contributed by atoms with Gasteiger partial charge in [0, 0.05) is 12.3 Å². The summed E-state index contributed by atoms with van der Waals surface area (Å²) in [5.74, 6) is 1.99. The quantitative estimate of drug-likeness (QED) is 0.810. The van der Waals surface area contributed by atoms with E-state index < -0.39 is 0 Å². The zero-order valence-electron chi connectivity index (χ0n) is 11.8. The van der Waals surface area contributed by atoms with E-state index in [2.05, 4.69) is 19.5 Å². The standard InChI is InChI=1S/C14H17ClN4O2/c1-20-14-12-13(16-7-17-14)19(11(18-12)4-5-15)9-6-8-2-3-10(9)21-8/h7-10H,2-6H2,1H3. The molecule has 2 aromatic rings. The normalized spacial score (nSPS) is 27.6. The van der Waals surface area contributed by atoms with Crippen LogP contribution in [0.15, 0.2) is 6.33 Å². The van der Waals surface area contributed by atoms with Crippen molar-refractivity contribution in [2.75, 3.05) is 13.0 Å². The molecule has 0 aliphatic carbocycles. The van der Waals surface area contributed by atoms with Crippen molar-refractivity contribution >= 4 is 22.8 Å². The molecule has 112 valence electrons. The molecule has 4 rings (SSSR count). The molecule has 21 heavy (non-hydrogen) atoms. The molecular formula is C14H17ClN4O2. The summed E-state index contributed by atoms with van der Waals surface area (Å²) >= 11 is 5.94. The van der Waals surface area contributed by atoms with Crippen LogP contribution in [0.4, 0.5) is 0 Å². The topological polar surface area (TPSA) is 62.1 Å². The Morgan fingerprint density at radius 3 is 3.00 bits per heavy atom. The molecule has 0 N–H and O–H groups in total. The van der Waals surface area contributed by atoms with Gasteiger partial charge in [-0.3, -0.25) is 0 Å². The van der Waals surface area contributed by atoms with Crippen molar-refractivity contribution in [2.24, 2.45) is 0 Å². The lowest BCUT2D eigenvalue weighted by molar-refractivity contribution is 0.0939. The number of hydrogen-bond donors (Lipinski definition) is 0. The van der Waals surface area contributed by atoms with Crippen molar-refractivity contribution < 1.29 is 9.47 Å². The summed E-state index contributed by atoms with van der Waals surface area (Å²) in [5.41, 5.74) is 1.53. The van der Waals surface area contributed by atoms with Gasteiger partial charge in [-0.25, -0.2) is 9.97 Å². The molecule has 2 aromatic heterocycles. The van der Waals surface area contributed by atoms with Crippen LogP contribution < -0.4 is 4.74 Å². The van der Waals surface area contributed by atoms with Crippen LogP contribution in [0.3, 0.4) is 0 Å². The summed E-state index contributed by atoms with van der Waals surface area (Å²) in [6, 6.07) is 0.298. The maximum Gasteiger partial charge on any atom is 0.245 e. The first-order valence-corrected chi connectivity index (χ1v) is 7.82. The van der Waals surface area contributed by atoms with Gasteiger partial charge in [0.1, 0.15) is 12.2 Å². The lowest BCUT2D eigenvalue weighted by atomic mass is 9.95. The third-order valence-electron chi connectivity index (χ3n) is 4.43. The number of ether oxygens (including phenoxy) is 2. The lowest BCUT2D eigenvalue weighted by Crippen LogP contribution is -2.23. The average Bonchev–Trinajstić information content (AvgIpc) is 3.19. The minimum absolute atomic E-state index is 0.266. The van der Waals surface area contributed by atoms with Crippen molar-refractivity contribution in [3.63, 3.8) is 0 Å². The van der Waals surface area contributed by atoms with E-state index in [1.165, 1.54) is 6.33 Å². The maximum absolute atomic E-state index is 5.99. The van der Waals surface area contributed by atoms with Gasteiger partial charge in [-0.15, -0.1) is 11.6 Å². The maximum atomic E-state index is 5.99. The van der Waals surface area contributed by atoms with Crippen LogP contribution in [0.2, 0.25) is 0 Å². The molecule has 7 heteroatoms. The van der Waals surface area contributed by atoms with Gasteiger partial charge >= 0.3 is 0 Å². The first kappa shape index (κ1) is 13.3. The summed E-state index contributed by atoms with van der Waals surface area (Å²) in [4.78, 5) is 13.2. The lowest BCUT2D eigenvalue weighted by Gasteiger charge is -2.22. The highest BCUT2D eigenvalue weighted by atomic mass is 35.5. The van der Waals surface area contributed by atoms with Crippen molar-refractivity contribution in [1.82, 2.24) is 19.5 Å². The Kier molecular flexibility index (Phi) is 3.23. The van der Waals surface area contributed by atoms with Crippen molar-refractivity contribution in [2.45, 2.75) is 43.9 Å². The highest BCUT2D eigenvalue weighted by Crippen LogP contribution is 2.43. The second kappa shape index (κ2) is 5.10. The summed E-state index contributed by atoms with van der Waals surface area (Å²) in [5, 5.41) is 0. The Morgan fingerprint density at radius 2 is 2.33 bits per heavy atom. The molecule has 2 aliphatic rings. The average molecular weight is 309 g/mol. The van der Waals surface area contributed by atoms with Gasteiger partial charge in [-0.1, -0.05) is 0 Å². The Hall–Kier alpha value is -1.40. The molecule has 3 atom stereocenters. The summed E-state index contributed by atoms with van der Waals surface area (Å²) < 4.78 is 13.5. The Morgan fingerprint density at radius 1 is 1.43 bits per heavy atom. The fourth-order valence-corrected chi connectivity index (χ4v) is 3.74. The molecular weight excluding hydrogens is 292 g/mol. The molecule has 2 fully saturated rings. The van der Waals surface area contributed by atoms with Crippen LogP contribution in [0.5, 0.6) is 5.88 Å². The molecule has 4 heterocycles. The molecule has 2 saturated heterocycles. The first-order valence-electron chi connectivity index (χ1n) is 7.29. The molecule has 0 saturated carbocycles. The van der Waals surface area contributed by atoms with E-state index in [1.807, 2.05) is 0 Å². The second-order valence-electron chi connectivity index (χ2n) is 5.57. The second-order valence-corrected chi connectivity index (χ2v) is 5.95. The molecule has 0 aromatic carbocycles. The van der Waals surface area contributed by atoms with Gasteiger partial charge < -0.3 is 14.0 Å². The molecule has 2 aliphatic heterocycles. The van der Waals surface area contributed by atoms with Gasteiger partial charge in [0.2, 0.25) is 5.88 Å². The molecule has 2 bridgehead atoms. The summed E-state index contributed by atoms with van der Waals surface area (Å²) in [6.45, 7) is 0. The Labute approximate surface area is 127 Å². The number of aromatic nitrogens is 4. The van der Waals surface area contributed by atoms with Crippen LogP contribution in [0.1, 0.15) is 31.1 Å². The number of alkyl halides is 1. The minimum Gasteiger partial charge on any atom is -0.479 e. The zero-order valence-corrected chi connectivity index (χ0v) is 12.6. The Balaban J connectivity index is 1.87. The van der Waals surface area contributed by atoms with E-state index in [-0.39, 0.29) is 6.10 Å². The summed E-state index contributed by atoms with van der Waals surface area (Å²) in [6.07, 6.45) is 6.17. The van der Waals surface area contributed by atoms with Crippen LogP contribution in [0.25, 0.3) is 11.2 Å². The van der Waals surface area contributed by atoms with Crippen LogP contribution in [-0.2, 0) is 11.2 Å². The van der Waals surface area contributed by atoms with E-state index in [9.17, 15) is 0 Å². The molecule has 0 spiro atoms. The number of halogens is 1. The van der Waals surface area contributed by atoms with Gasteiger partial charge in [-0.05, 0) is 19.3 Å². The first-order chi connectivity index (χ1) is 10.3. The van der Waals surface area contributed by atoms with E-state index in [0.29, 0.717) is 35.8 Å². The van der Waals surface area contributed by atoms with Gasteiger partial charge in [-0.2, -0.15) is 4.98 Å². The Bertz CT molecular complexity index is 674. The molecule has 6 nitrogen and oxygen atoms in total. The highest BCUT2D eigenvalue weighted by molar-refractivity contribution is 6.17. The van der Waals surface area contributed by atoms with Crippen molar-refractivity contribution in [3.8, 4) is 5.88 Å².